The van der Waals surface area contributed by atoms with Crippen molar-refractivity contribution in [2.24, 2.45) is 0 Å². The lowest BCUT2D eigenvalue weighted by atomic mass is 10.2. The van der Waals surface area contributed by atoms with Gasteiger partial charge in [-0.1, -0.05) is 80.4 Å². The lowest BCUT2D eigenvalue weighted by Gasteiger charge is -2.31. The normalized spacial score (nSPS) is 12.3. The molecule has 29 heavy (non-hydrogen) atoms. The summed E-state index contributed by atoms with van der Waals surface area (Å²) >= 11 is 0. The predicted octanol–water partition coefficient (Wildman–Crippen LogP) is 5.13. The number of ether oxygens (including phenoxy) is 2. The molecule has 0 atom stereocenters. The summed E-state index contributed by atoms with van der Waals surface area (Å²) < 4.78 is 17.8. The Kier molecular flexibility index (Phi) is 10.1. The van der Waals surface area contributed by atoms with Crippen LogP contribution in [0, 0.1) is 0 Å². The molecule has 2 aromatic rings. The Bertz CT molecular complexity index is 628. The lowest BCUT2D eigenvalue weighted by molar-refractivity contribution is -0.120. The van der Waals surface area contributed by atoms with Crippen LogP contribution < -0.4 is 10.4 Å². The van der Waals surface area contributed by atoms with E-state index >= 15 is 0 Å². The molecule has 4 heteroatoms. The van der Waals surface area contributed by atoms with Crippen LogP contribution in [0.1, 0.15) is 53.4 Å². The van der Waals surface area contributed by atoms with Crippen LogP contribution in [-0.2, 0) is 13.9 Å². The molecule has 2 aromatic carbocycles. The third-order valence-electron chi connectivity index (χ3n) is 5.08. The van der Waals surface area contributed by atoms with Gasteiger partial charge in [0.1, 0.15) is 6.79 Å². The average Bonchev–Trinajstić information content (AvgIpc) is 2.73. The molecule has 0 aromatic heterocycles. The van der Waals surface area contributed by atoms with Crippen LogP contribution in [0.4, 0.5) is 0 Å². The first kappa shape index (κ1) is 23.8. The van der Waals surface area contributed by atoms with E-state index in [0.717, 1.165) is 38.5 Å². The molecule has 0 saturated heterocycles. The van der Waals surface area contributed by atoms with Crippen molar-refractivity contribution >= 4 is 18.7 Å². The Morgan fingerprint density at radius 3 is 1.72 bits per heavy atom. The van der Waals surface area contributed by atoms with E-state index in [1.807, 2.05) is 20.8 Å². The first-order valence-corrected chi connectivity index (χ1v) is 13.1. The Morgan fingerprint density at radius 2 is 1.24 bits per heavy atom. The number of unbranched alkanes of at least 4 members (excludes halogenated alkanes) is 3. The average molecular weight is 415 g/mol. The largest absolute Gasteiger partial charge is 0.408 e. The van der Waals surface area contributed by atoms with Crippen LogP contribution in [0.25, 0.3) is 0 Å². The second-order valence-corrected chi connectivity index (χ2v) is 12.3. The van der Waals surface area contributed by atoms with Crippen LogP contribution in [0.15, 0.2) is 60.7 Å². The van der Waals surface area contributed by atoms with Gasteiger partial charge in [-0.05, 0) is 50.0 Å². The van der Waals surface area contributed by atoms with E-state index in [1.165, 1.54) is 16.8 Å². The van der Waals surface area contributed by atoms with Gasteiger partial charge in [0.25, 0.3) is 8.32 Å². The maximum atomic E-state index is 6.72. The van der Waals surface area contributed by atoms with E-state index in [4.69, 9.17) is 13.9 Å². The van der Waals surface area contributed by atoms with Gasteiger partial charge < -0.3 is 13.9 Å². The smallest absolute Gasteiger partial charge is 0.255 e. The fraction of sp³-hybridized carbons (Fsp3) is 0.520. The highest BCUT2D eigenvalue weighted by Gasteiger charge is 2.37. The molecule has 0 aliphatic carbocycles. The summed E-state index contributed by atoms with van der Waals surface area (Å²) in [6, 6.07) is 22.7. The Labute approximate surface area is 178 Å². The number of hydrogen-bond acceptors (Lipinski definition) is 3. The summed E-state index contributed by atoms with van der Waals surface area (Å²) in [6.07, 6.45) is 4.49. The summed E-state index contributed by atoms with van der Waals surface area (Å²) in [5.41, 5.74) is -0.134. The molecule has 2 rings (SSSR count). The van der Waals surface area contributed by atoms with Crippen molar-refractivity contribution in [1.29, 1.82) is 0 Å². The summed E-state index contributed by atoms with van der Waals surface area (Å²) in [5.74, 6) is 0. The Hall–Kier alpha value is -1.46. The molecule has 0 radical (unpaired) electrons. The molecule has 0 heterocycles. The van der Waals surface area contributed by atoms with Gasteiger partial charge in [0.05, 0.1) is 5.60 Å². The van der Waals surface area contributed by atoms with E-state index in [0.29, 0.717) is 6.79 Å². The maximum Gasteiger partial charge on any atom is 0.255 e. The van der Waals surface area contributed by atoms with Crippen molar-refractivity contribution in [3.8, 4) is 0 Å². The third kappa shape index (κ3) is 8.05. The van der Waals surface area contributed by atoms with E-state index < -0.39 is 8.32 Å². The van der Waals surface area contributed by atoms with Crippen molar-refractivity contribution in [2.75, 3.05) is 20.0 Å². The molecular weight excluding hydrogens is 376 g/mol. The van der Waals surface area contributed by atoms with E-state index in [9.17, 15) is 0 Å². The quantitative estimate of drug-likeness (QED) is 0.258. The molecule has 0 fully saturated rings. The molecule has 0 spiro atoms. The Balaban J connectivity index is 1.78. The highest BCUT2D eigenvalue weighted by molar-refractivity contribution is 6.97. The fourth-order valence-corrected chi connectivity index (χ4v) is 7.08. The van der Waals surface area contributed by atoms with Gasteiger partial charge in [-0.2, -0.15) is 0 Å². The minimum atomic E-state index is -2.17. The van der Waals surface area contributed by atoms with Gasteiger partial charge >= 0.3 is 0 Å². The fourth-order valence-electron chi connectivity index (χ4n) is 3.44. The minimum Gasteiger partial charge on any atom is -0.408 e. The van der Waals surface area contributed by atoms with Gasteiger partial charge in [-0.25, -0.2) is 0 Å². The second-order valence-electron chi connectivity index (χ2n) is 8.46. The molecule has 0 bridgehead atoms. The van der Waals surface area contributed by atoms with E-state index in [1.54, 1.807) is 0 Å². The summed E-state index contributed by atoms with van der Waals surface area (Å²) in [5, 5.41) is 2.72. The summed E-state index contributed by atoms with van der Waals surface area (Å²) in [4.78, 5) is 0. The molecule has 0 N–H and O–H groups in total. The standard InChI is InChI=1S/C25H38O3Si/c1-5-29(23-16-10-8-11-17-23,24-18-12-9-13-19-24)28-21-15-7-6-14-20-26-22-27-25(2,3)4/h8-13,16-19H,5-7,14-15,20-22H2,1-4H3. The SMILES string of the molecule is CC[Si](OCCCCCCOCOC(C)(C)C)(c1ccccc1)c1ccccc1. The zero-order chi connectivity index (χ0) is 21.0. The number of rotatable bonds is 13. The zero-order valence-electron chi connectivity index (χ0n) is 18.7. The van der Waals surface area contributed by atoms with Gasteiger partial charge in [0, 0.05) is 13.2 Å². The topological polar surface area (TPSA) is 27.7 Å². The Morgan fingerprint density at radius 1 is 0.724 bits per heavy atom. The highest BCUT2D eigenvalue weighted by Crippen LogP contribution is 2.14. The van der Waals surface area contributed by atoms with Crippen molar-refractivity contribution in [3.63, 3.8) is 0 Å². The van der Waals surface area contributed by atoms with Crippen molar-refractivity contribution in [3.05, 3.63) is 60.7 Å². The third-order valence-corrected chi connectivity index (χ3v) is 9.31. The van der Waals surface area contributed by atoms with Crippen LogP contribution in [0.5, 0.6) is 0 Å². The van der Waals surface area contributed by atoms with Crippen molar-refractivity contribution < 1.29 is 13.9 Å². The molecule has 0 amide bonds. The summed E-state index contributed by atoms with van der Waals surface area (Å²) in [7, 11) is -2.17. The van der Waals surface area contributed by atoms with Crippen LogP contribution in [-0.4, -0.2) is 33.9 Å². The molecule has 0 aliphatic heterocycles. The molecule has 0 unspecified atom stereocenters. The molecule has 3 nitrogen and oxygen atoms in total. The zero-order valence-corrected chi connectivity index (χ0v) is 19.7. The minimum absolute atomic E-state index is 0.134. The first-order chi connectivity index (χ1) is 14.0. The first-order valence-electron chi connectivity index (χ1n) is 10.9. The maximum absolute atomic E-state index is 6.72. The monoisotopic (exact) mass is 414 g/mol. The van der Waals surface area contributed by atoms with Crippen LogP contribution in [0.2, 0.25) is 6.04 Å². The molecular formula is C25H38O3Si. The van der Waals surface area contributed by atoms with E-state index in [-0.39, 0.29) is 5.60 Å². The van der Waals surface area contributed by atoms with Gasteiger partial charge in [0.2, 0.25) is 0 Å². The second kappa shape index (κ2) is 12.3. The summed E-state index contributed by atoms with van der Waals surface area (Å²) in [6.45, 7) is 10.4. The van der Waals surface area contributed by atoms with Crippen LogP contribution >= 0.6 is 0 Å². The number of benzene rings is 2. The highest BCUT2D eigenvalue weighted by atomic mass is 28.4. The predicted molar refractivity (Wildman–Crippen MR) is 124 cm³/mol. The molecule has 0 saturated carbocycles. The van der Waals surface area contributed by atoms with Gasteiger partial charge in [0.15, 0.2) is 0 Å². The lowest BCUT2D eigenvalue weighted by Crippen LogP contribution is -2.60. The van der Waals surface area contributed by atoms with Crippen molar-refractivity contribution in [2.45, 2.75) is 65.0 Å². The molecule has 160 valence electrons. The van der Waals surface area contributed by atoms with Crippen molar-refractivity contribution in [1.82, 2.24) is 0 Å². The van der Waals surface area contributed by atoms with Gasteiger partial charge in [-0.15, -0.1) is 0 Å². The van der Waals surface area contributed by atoms with Gasteiger partial charge in [-0.3, -0.25) is 0 Å². The van der Waals surface area contributed by atoms with Crippen LogP contribution in [0.3, 0.4) is 0 Å². The number of hydrogen-bond donors (Lipinski definition) is 0. The van der Waals surface area contributed by atoms with E-state index in [2.05, 4.69) is 67.6 Å². The molecule has 0 aliphatic rings.